The molecule has 45 heavy (non-hydrogen) atoms. The first-order chi connectivity index (χ1) is 21.6. The van der Waals surface area contributed by atoms with Crippen LogP contribution in [0.25, 0.3) is 0 Å². The third-order valence-electron chi connectivity index (χ3n) is 6.75. The Hall–Kier alpha value is -2.30. The van der Waals surface area contributed by atoms with Crippen LogP contribution in [0.5, 0.6) is 0 Å². The fraction of sp³-hybridized carbons (Fsp3) is 0.727. The first-order valence-corrected chi connectivity index (χ1v) is 18.0. The minimum atomic E-state index is -4.71. The third kappa shape index (κ3) is 28.9. The number of carbonyl (C=O) groups excluding carboxylic acids is 2. The summed E-state index contributed by atoms with van der Waals surface area (Å²) in [7, 11) is -4.71. The Morgan fingerprint density at radius 3 is 1.80 bits per heavy atom. The van der Waals surface area contributed by atoms with E-state index >= 15 is 0 Å². The number of carboxylic acid groups (broad SMARTS) is 1. The Labute approximate surface area is 270 Å². The number of phosphoric acid groups is 1. The quantitative estimate of drug-likeness (QED) is 0.0274. The maximum absolute atomic E-state index is 11.9. The first-order valence-electron chi connectivity index (χ1n) is 16.5. The number of esters is 1. The predicted octanol–water partition coefficient (Wildman–Crippen LogP) is 6.93. The highest BCUT2D eigenvalue weighted by Crippen LogP contribution is 2.43. The van der Waals surface area contributed by atoms with Gasteiger partial charge in [-0.3, -0.25) is 18.6 Å². The molecule has 1 amide bonds. The molecule has 0 saturated carbocycles. The van der Waals surface area contributed by atoms with Gasteiger partial charge in [-0.1, -0.05) is 102 Å². The van der Waals surface area contributed by atoms with Crippen molar-refractivity contribution in [2.24, 2.45) is 0 Å². The van der Waals surface area contributed by atoms with Crippen LogP contribution in [0.4, 0.5) is 0 Å². The predicted molar refractivity (Wildman–Crippen MR) is 176 cm³/mol. The molecule has 0 saturated heterocycles. The van der Waals surface area contributed by atoms with E-state index in [0.717, 1.165) is 38.5 Å². The second-order valence-corrected chi connectivity index (χ2v) is 12.4. The highest BCUT2D eigenvalue weighted by atomic mass is 31.2. The van der Waals surface area contributed by atoms with Crippen molar-refractivity contribution >= 4 is 25.7 Å². The van der Waals surface area contributed by atoms with Gasteiger partial charge in [0.25, 0.3) is 0 Å². The van der Waals surface area contributed by atoms with Crippen LogP contribution in [-0.2, 0) is 32.7 Å². The van der Waals surface area contributed by atoms with Gasteiger partial charge in [-0.05, 0) is 44.9 Å². The zero-order chi connectivity index (χ0) is 33.6. The summed E-state index contributed by atoms with van der Waals surface area (Å²) in [6.45, 7) is 1.83. The molecule has 3 unspecified atom stereocenters. The number of aliphatic hydroxyl groups excluding tert-OH is 1. The molecule has 0 bridgehead atoms. The Morgan fingerprint density at radius 2 is 1.24 bits per heavy atom. The van der Waals surface area contributed by atoms with Gasteiger partial charge in [0, 0.05) is 12.8 Å². The van der Waals surface area contributed by atoms with Gasteiger partial charge in [0.05, 0.1) is 13.2 Å². The van der Waals surface area contributed by atoms with E-state index in [9.17, 15) is 28.9 Å². The summed E-state index contributed by atoms with van der Waals surface area (Å²) in [5.41, 5.74) is 0. The number of carbonyl (C=O) groups is 3. The minimum Gasteiger partial charge on any atom is -0.480 e. The molecule has 0 heterocycles. The third-order valence-corrected chi connectivity index (χ3v) is 7.70. The molecular formula is C33H58NO10P. The van der Waals surface area contributed by atoms with E-state index in [1.54, 1.807) is 0 Å². The molecule has 0 aliphatic rings. The molecule has 0 rings (SSSR count). The lowest BCUT2D eigenvalue weighted by Crippen LogP contribution is -2.43. The van der Waals surface area contributed by atoms with Crippen molar-refractivity contribution in [3.8, 4) is 0 Å². The zero-order valence-electron chi connectivity index (χ0n) is 27.4. The summed E-state index contributed by atoms with van der Waals surface area (Å²) < 4.78 is 26.1. The molecule has 260 valence electrons. The van der Waals surface area contributed by atoms with Crippen molar-refractivity contribution < 1.29 is 47.8 Å². The lowest BCUT2D eigenvalue weighted by Gasteiger charge is -2.18. The fourth-order valence-electron chi connectivity index (χ4n) is 4.05. The molecule has 4 N–H and O–H groups in total. The smallest absolute Gasteiger partial charge is 0.472 e. The number of amides is 1. The highest BCUT2D eigenvalue weighted by molar-refractivity contribution is 7.47. The van der Waals surface area contributed by atoms with Crippen LogP contribution < -0.4 is 5.32 Å². The second kappa shape index (κ2) is 29.1. The number of hydrogen-bond donors (Lipinski definition) is 4. The number of hydrogen-bond acceptors (Lipinski definition) is 8. The van der Waals surface area contributed by atoms with Crippen molar-refractivity contribution in [1.29, 1.82) is 0 Å². The average Bonchev–Trinajstić information content (AvgIpc) is 3.01. The van der Waals surface area contributed by atoms with Crippen molar-refractivity contribution in [1.82, 2.24) is 5.32 Å². The van der Waals surface area contributed by atoms with Crippen molar-refractivity contribution in [2.75, 3.05) is 19.8 Å². The van der Waals surface area contributed by atoms with Gasteiger partial charge in [0.1, 0.15) is 12.7 Å². The van der Waals surface area contributed by atoms with Gasteiger partial charge in [-0.2, -0.15) is 0 Å². The topological polar surface area (TPSA) is 169 Å². The minimum absolute atomic E-state index is 0.0253. The number of aliphatic carboxylic acids is 1. The van der Waals surface area contributed by atoms with E-state index in [-0.39, 0.29) is 12.8 Å². The SMILES string of the molecule is CCCCC/C=C\C/C=C\C/C=C\CCCCCCCCCCC(=O)OCC(O)COP(=O)(O)OCC(NC(=O)CC)C(=O)O. The molecule has 0 aromatic rings. The normalized spacial score (nSPS) is 14.6. The maximum atomic E-state index is 11.9. The van der Waals surface area contributed by atoms with Crippen molar-refractivity contribution in [3.63, 3.8) is 0 Å². The summed E-state index contributed by atoms with van der Waals surface area (Å²) >= 11 is 0. The zero-order valence-corrected chi connectivity index (χ0v) is 28.3. The van der Waals surface area contributed by atoms with E-state index in [2.05, 4.69) is 57.7 Å². The summed E-state index contributed by atoms with van der Waals surface area (Å²) in [5.74, 6) is -2.50. The summed E-state index contributed by atoms with van der Waals surface area (Å²) in [6, 6.07) is -1.54. The Kier molecular flexibility index (Phi) is 27.6. The largest absolute Gasteiger partial charge is 0.480 e. The molecule has 3 atom stereocenters. The van der Waals surface area contributed by atoms with E-state index < -0.39 is 57.6 Å². The summed E-state index contributed by atoms with van der Waals surface area (Å²) in [6.07, 6.45) is 29.1. The van der Waals surface area contributed by atoms with Gasteiger partial charge < -0.3 is 25.2 Å². The van der Waals surface area contributed by atoms with Crippen LogP contribution in [0.2, 0.25) is 0 Å². The Balaban J connectivity index is 3.72. The van der Waals surface area contributed by atoms with Gasteiger partial charge in [0.15, 0.2) is 6.04 Å². The molecule has 0 aromatic carbocycles. The van der Waals surface area contributed by atoms with Gasteiger partial charge in [-0.15, -0.1) is 0 Å². The number of nitrogens with one attached hydrogen (secondary N) is 1. The van der Waals surface area contributed by atoms with E-state index in [4.69, 9.17) is 9.84 Å². The first kappa shape index (κ1) is 42.7. The number of ether oxygens (including phenoxy) is 1. The molecule has 12 heteroatoms. The Bertz CT molecular complexity index is 921. The number of phosphoric ester groups is 1. The maximum Gasteiger partial charge on any atom is 0.472 e. The van der Waals surface area contributed by atoms with E-state index in [1.165, 1.54) is 58.3 Å². The van der Waals surface area contributed by atoms with Gasteiger partial charge in [-0.25, -0.2) is 9.36 Å². The molecule has 0 aliphatic heterocycles. The molecule has 0 aliphatic carbocycles. The number of carboxylic acids is 1. The number of aliphatic hydroxyl groups is 1. The van der Waals surface area contributed by atoms with Gasteiger partial charge in [0.2, 0.25) is 5.91 Å². The van der Waals surface area contributed by atoms with Crippen LogP contribution in [0.1, 0.15) is 123 Å². The summed E-state index contributed by atoms with van der Waals surface area (Å²) in [4.78, 5) is 44.1. The molecule has 0 fully saturated rings. The number of rotatable bonds is 30. The lowest BCUT2D eigenvalue weighted by molar-refractivity contribution is -0.147. The standard InChI is InChI=1S/C33H58NO10P/c1-3-5-6-7-8-9-10-11-12-13-14-15-16-17-18-19-20-21-22-23-24-25-32(37)42-26-29(35)27-43-45(40,41)44-28-30(33(38)39)34-31(36)4-2/h8-9,11-12,14-15,29-30,35H,3-7,10,13,16-28H2,1-2H3,(H,34,36)(H,38,39)(H,40,41)/b9-8-,12-11-,15-14-. The Morgan fingerprint density at radius 1 is 0.733 bits per heavy atom. The molecule has 0 radical (unpaired) electrons. The van der Waals surface area contributed by atoms with Crippen molar-refractivity contribution in [3.05, 3.63) is 36.5 Å². The number of unbranched alkanes of at least 4 members (excludes halogenated alkanes) is 11. The summed E-state index contributed by atoms with van der Waals surface area (Å²) in [5, 5.41) is 21.1. The second-order valence-electron chi connectivity index (χ2n) is 11.0. The molecular weight excluding hydrogens is 601 g/mol. The van der Waals surface area contributed by atoms with Crippen LogP contribution in [-0.4, -0.2) is 64.9 Å². The highest BCUT2D eigenvalue weighted by Gasteiger charge is 2.28. The van der Waals surface area contributed by atoms with Crippen LogP contribution in [0, 0.1) is 0 Å². The lowest BCUT2D eigenvalue weighted by atomic mass is 10.1. The van der Waals surface area contributed by atoms with Crippen molar-refractivity contribution in [2.45, 2.75) is 135 Å². The molecule has 0 spiro atoms. The van der Waals surface area contributed by atoms with E-state index in [1.807, 2.05) is 0 Å². The van der Waals surface area contributed by atoms with E-state index in [0.29, 0.717) is 6.42 Å². The monoisotopic (exact) mass is 659 g/mol. The molecule has 0 aromatic heterocycles. The van der Waals surface area contributed by atoms with Crippen LogP contribution >= 0.6 is 7.82 Å². The van der Waals surface area contributed by atoms with Crippen LogP contribution in [0.3, 0.4) is 0 Å². The van der Waals surface area contributed by atoms with Gasteiger partial charge >= 0.3 is 19.8 Å². The number of allylic oxidation sites excluding steroid dienone is 6. The van der Waals surface area contributed by atoms with Crippen LogP contribution in [0.15, 0.2) is 36.5 Å². The average molecular weight is 660 g/mol. The fourth-order valence-corrected chi connectivity index (χ4v) is 4.82. The molecule has 11 nitrogen and oxygen atoms in total.